The molecule has 2 rings (SSSR count). The van der Waals surface area contributed by atoms with E-state index in [4.69, 9.17) is 0 Å². The van der Waals surface area contributed by atoms with E-state index in [9.17, 15) is 4.79 Å². The molecule has 2 aromatic rings. The summed E-state index contributed by atoms with van der Waals surface area (Å²) in [5, 5.41) is 12.2. The van der Waals surface area contributed by atoms with Crippen molar-refractivity contribution >= 4 is 56.6 Å². The number of thioether (sulfide) groups is 1. The number of Topliss-reactive ketones (excluding diaryl/α,β-unsaturated/α-hetero) is 1. The molecule has 0 fully saturated rings. The Kier molecular flexibility index (Phi) is 6.43. The largest absolute Gasteiger partial charge is 0.360 e. The van der Waals surface area contributed by atoms with Gasteiger partial charge in [-0.25, -0.2) is 0 Å². The summed E-state index contributed by atoms with van der Waals surface area (Å²) in [6, 6.07) is 7.61. The van der Waals surface area contributed by atoms with Gasteiger partial charge < -0.3 is 5.32 Å². The maximum absolute atomic E-state index is 12.1. The molecule has 21 heavy (non-hydrogen) atoms. The van der Waals surface area contributed by atoms with Gasteiger partial charge in [-0.2, -0.15) is 0 Å². The number of benzene rings is 1. The third kappa shape index (κ3) is 5.55. The Balaban J connectivity index is 1.85. The van der Waals surface area contributed by atoms with Gasteiger partial charge >= 0.3 is 0 Å². The van der Waals surface area contributed by atoms with Crippen LogP contribution in [0.1, 0.15) is 24.2 Å². The molecule has 1 N–H and O–H groups in total. The monoisotopic (exact) mass is 433 g/mol. The van der Waals surface area contributed by atoms with Crippen LogP contribution in [0, 0.1) is 9.49 Å². The summed E-state index contributed by atoms with van der Waals surface area (Å²) < 4.78 is 1.95. The first-order valence-electron chi connectivity index (χ1n) is 6.53. The number of rotatable bonds is 7. The second kappa shape index (κ2) is 8.09. The third-order valence-electron chi connectivity index (χ3n) is 2.56. The highest BCUT2D eigenvalue weighted by atomic mass is 127. The Morgan fingerprint density at radius 1 is 1.33 bits per heavy atom. The normalized spacial score (nSPS) is 10.9. The summed E-state index contributed by atoms with van der Waals surface area (Å²) >= 11 is 5.15. The molecule has 0 unspecified atom stereocenters. The van der Waals surface area contributed by atoms with Gasteiger partial charge in [-0.15, -0.1) is 10.2 Å². The van der Waals surface area contributed by atoms with Crippen molar-refractivity contribution in [1.29, 1.82) is 0 Å². The van der Waals surface area contributed by atoms with Gasteiger partial charge in [0.1, 0.15) is 0 Å². The van der Waals surface area contributed by atoms with Gasteiger partial charge in [0.05, 0.1) is 5.75 Å². The van der Waals surface area contributed by atoms with Crippen molar-refractivity contribution in [1.82, 2.24) is 10.2 Å². The molecule has 0 aliphatic carbocycles. The van der Waals surface area contributed by atoms with Crippen LogP contribution in [-0.4, -0.2) is 28.3 Å². The standard InChI is InChI=1S/C14H16IN3OS2/c1-9(2)7-16-13-17-18-14(21-13)20-8-12(19)10-3-5-11(15)6-4-10/h3-6,9H,7-8H2,1-2H3,(H,16,17). The molecular formula is C14H16IN3OS2. The molecule has 0 aliphatic heterocycles. The molecule has 0 aliphatic rings. The molecule has 0 spiro atoms. The summed E-state index contributed by atoms with van der Waals surface area (Å²) in [5.74, 6) is 1.06. The summed E-state index contributed by atoms with van der Waals surface area (Å²) in [6.45, 7) is 5.16. The molecule has 4 nitrogen and oxygen atoms in total. The van der Waals surface area contributed by atoms with E-state index in [1.165, 1.54) is 23.1 Å². The van der Waals surface area contributed by atoms with Crippen LogP contribution in [0.3, 0.4) is 0 Å². The number of aromatic nitrogens is 2. The van der Waals surface area contributed by atoms with Crippen molar-refractivity contribution in [2.75, 3.05) is 17.6 Å². The number of nitrogens with one attached hydrogen (secondary N) is 1. The van der Waals surface area contributed by atoms with E-state index < -0.39 is 0 Å². The summed E-state index contributed by atoms with van der Waals surface area (Å²) in [4.78, 5) is 12.1. The number of anilines is 1. The molecule has 0 bridgehead atoms. The van der Waals surface area contributed by atoms with E-state index in [1.807, 2.05) is 24.3 Å². The van der Waals surface area contributed by atoms with E-state index in [-0.39, 0.29) is 5.78 Å². The Morgan fingerprint density at radius 3 is 2.71 bits per heavy atom. The first kappa shape index (κ1) is 16.7. The highest BCUT2D eigenvalue weighted by Crippen LogP contribution is 2.26. The molecule has 1 aromatic carbocycles. The number of hydrogen-bond donors (Lipinski definition) is 1. The molecule has 0 radical (unpaired) electrons. The average molecular weight is 433 g/mol. The smallest absolute Gasteiger partial charge is 0.206 e. The van der Waals surface area contributed by atoms with Crippen molar-refractivity contribution < 1.29 is 4.79 Å². The molecule has 0 saturated carbocycles. The Labute approximate surface area is 146 Å². The maximum Gasteiger partial charge on any atom is 0.206 e. The van der Waals surface area contributed by atoms with Crippen molar-refractivity contribution in [2.24, 2.45) is 5.92 Å². The quantitative estimate of drug-likeness (QED) is 0.403. The van der Waals surface area contributed by atoms with E-state index in [2.05, 4.69) is 52.0 Å². The Morgan fingerprint density at radius 2 is 2.05 bits per heavy atom. The molecule has 0 saturated heterocycles. The lowest BCUT2D eigenvalue weighted by atomic mass is 10.2. The third-order valence-corrected chi connectivity index (χ3v) is 5.29. The van der Waals surface area contributed by atoms with Crippen molar-refractivity contribution in [3.63, 3.8) is 0 Å². The lowest BCUT2D eigenvalue weighted by Gasteiger charge is -2.03. The van der Waals surface area contributed by atoms with E-state index >= 15 is 0 Å². The number of hydrogen-bond acceptors (Lipinski definition) is 6. The maximum atomic E-state index is 12.1. The van der Waals surface area contributed by atoms with Gasteiger partial charge in [0.25, 0.3) is 0 Å². The van der Waals surface area contributed by atoms with Gasteiger partial charge in [-0.1, -0.05) is 49.1 Å². The minimum Gasteiger partial charge on any atom is -0.360 e. The number of halogens is 1. The van der Waals surface area contributed by atoms with Gasteiger partial charge in [0, 0.05) is 15.7 Å². The zero-order valence-corrected chi connectivity index (χ0v) is 15.6. The van der Waals surface area contributed by atoms with Crippen LogP contribution < -0.4 is 5.32 Å². The molecule has 1 aromatic heterocycles. The van der Waals surface area contributed by atoms with Gasteiger partial charge in [-0.05, 0) is 40.6 Å². The summed E-state index contributed by atoms with van der Waals surface area (Å²) in [6.07, 6.45) is 0. The molecular weight excluding hydrogens is 417 g/mol. The highest BCUT2D eigenvalue weighted by molar-refractivity contribution is 14.1. The van der Waals surface area contributed by atoms with Gasteiger partial charge in [0.15, 0.2) is 10.1 Å². The SMILES string of the molecule is CC(C)CNc1nnc(SCC(=O)c2ccc(I)cc2)s1. The molecule has 112 valence electrons. The van der Waals surface area contributed by atoms with Crippen LogP contribution in [0.25, 0.3) is 0 Å². The van der Waals surface area contributed by atoms with E-state index in [0.29, 0.717) is 11.7 Å². The Bertz CT molecular complexity index is 599. The topological polar surface area (TPSA) is 54.9 Å². The van der Waals surface area contributed by atoms with E-state index in [1.54, 1.807) is 0 Å². The molecule has 0 amide bonds. The molecule has 0 atom stereocenters. The van der Waals surface area contributed by atoms with Crippen LogP contribution in [0.15, 0.2) is 28.6 Å². The molecule has 7 heteroatoms. The molecule has 1 heterocycles. The second-order valence-corrected chi connectivity index (χ2v) is 8.31. The predicted octanol–water partition coefficient (Wildman–Crippen LogP) is 4.19. The minimum atomic E-state index is 0.114. The predicted molar refractivity (Wildman–Crippen MR) is 97.5 cm³/mol. The van der Waals surface area contributed by atoms with Crippen LogP contribution in [0.4, 0.5) is 5.13 Å². The van der Waals surface area contributed by atoms with Crippen molar-refractivity contribution in [3.8, 4) is 0 Å². The highest BCUT2D eigenvalue weighted by Gasteiger charge is 2.10. The Hall–Kier alpha value is -0.670. The minimum absolute atomic E-state index is 0.114. The first-order valence-corrected chi connectivity index (χ1v) is 9.41. The average Bonchev–Trinajstić information content (AvgIpc) is 2.91. The van der Waals surface area contributed by atoms with Gasteiger partial charge in [-0.3, -0.25) is 4.79 Å². The summed E-state index contributed by atoms with van der Waals surface area (Å²) in [7, 11) is 0. The number of carbonyl (C=O) groups excluding carboxylic acids is 1. The fraction of sp³-hybridized carbons (Fsp3) is 0.357. The van der Waals surface area contributed by atoms with Crippen molar-refractivity contribution in [2.45, 2.75) is 18.2 Å². The number of carbonyl (C=O) groups is 1. The first-order chi connectivity index (χ1) is 10.0. The lowest BCUT2D eigenvalue weighted by molar-refractivity contribution is 0.102. The van der Waals surface area contributed by atoms with Crippen LogP contribution >= 0.6 is 45.7 Å². The summed E-state index contributed by atoms with van der Waals surface area (Å²) in [5.41, 5.74) is 0.741. The van der Waals surface area contributed by atoms with Crippen LogP contribution in [0.2, 0.25) is 0 Å². The zero-order valence-electron chi connectivity index (χ0n) is 11.8. The van der Waals surface area contributed by atoms with E-state index in [0.717, 1.165) is 25.1 Å². The lowest BCUT2D eigenvalue weighted by Crippen LogP contribution is -2.07. The second-order valence-electron chi connectivity index (χ2n) is 4.87. The van der Waals surface area contributed by atoms with Crippen LogP contribution in [0.5, 0.6) is 0 Å². The van der Waals surface area contributed by atoms with Gasteiger partial charge in [0.2, 0.25) is 5.13 Å². The van der Waals surface area contributed by atoms with Crippen LogP contribution in [-0.2, 0) is 0 Å². The fourth-order valence-corrected chi connectivity index (χ4v) is 3.49. The number of ketones is 1. The van der Waals surface area contributed by atoms with Crippen molar-refractivity contribution in [3.05, 3.63) is 33.4 Å². The fourth-order valence-electron chi connectivity index (χ4n) is 1.48. The number of nitrogens with zero attached hydrogens (tertiary/aromatic N) is 2. The zero-order chi connectivity index (χ0) is 15.2.